The van der Waals surface area contributed by atoms with Gasteiger partial charge in [-0.1, -0.05) is 30.0 Å². The summed E-state index contributed by atoms with van der Waals surface area (Å²) in [4.78, 5) is 33.3. The maximum Gasteiger partial charge on any atom is 0.230 e. The van der Waals surface area contributed by atoms with Crippen LogP contribution in [0.5, 0.6) is 5.75 Å². The van der Waals surface area contributed by atoms with Crippen molar-refractivity contribution in [2.45, 2.75) is 44.1 Å². The lowest BCUT2D eigenvalue weighted by Crippen LogP contribution is -2.27. The number of hydrogen-bond acceptors (Lipinski definition) is 6. The van der Waals surface area contributed by atoms with E-state index < -0.39 is 0 Å². The van der Waals surface area contributed by atoms with Gasteiger partial charge in [-0.2, -0.15) is 0 Å². The number of Topliss-reactive ketones (excluding diaryl/α,β-unsaturated/α-hetero) is 1. The molecule has 28 heavy (non-hydrogen) atoms. The van der Waals surface area contributed by atoms with E-state index in [1.165, 1.54) is 18.7 Å². The highest BCUT2D eigenvalue weighted by molar-refractivity contribution is 8.00. The van der Waals surface area contributed by atoms with Gasteiger partial charge in [-0.3, -0.25) is 9.59 Å². The van der Waals surface area contributed by atoms with Crippen molar-refractivity contribution in [2.24, 2.45) is 0 Å². The first-order chi connectivity index (χ1) is 13.5. The predicted molar refractivity (Wildman–Crippen MR) is 109 cm³/mol. The maximum absolute atomic E-state index is 12.3. The number of thioether (sulfide) groups is 1. The molecule has 1 fully saturated rings. The minimum absolute atomic E-state index is 0.0704. The number of hydrogen-bond donors (Lipinski definition) is 1. The summed E-state index contributed by atoms with van der Waals surface area (Å²) in [5.74, 6) is 2.07. The first-order valence-corrected chi connectivity index (χ1v) is 10.4. The van der Waals surface area contributed by atoms with E-state index in [-0.39, 0.29) is 17.4 Å². The van der Waals surface area contributed by atoms with Crippen molar-refractivity contribution >= 4 is 23.5 Å². The lowest BCUT2D eigenvalue weighted by molar-refractivity contribution is -0.118. The number of carbonyl (C=O) groups is 2. The molecule has 1 aliphatic rings. The van der Waals surface area contributed by atoms with E-state index in [1.54, 1.807) is 7.11 Å². The Morgan fingerprint density at radius 1 is 1.25 bits per heavy atom. The molecule has 148 valence electrons. The second kappa shape index (κ2) is 9.19. The van der Waals surface area contributed by atoms with Crippen LogP contribution in [0.3, 0.4) is 0 Å². The Morgan fingerprint density at radius 3 is 2.68 bits per heavy atom. The molecule has 1 aromatic carbocycles. The largest absolute Gasteiger partial charge is 0.496 e. The zero-order valence-electron chi connectivity index (χ0n) is 16.4. The van der Waals surface area contributed by atoms with Crippen molar-refractivity contribution in [2.75, 3.05) is 19.4 Å². The van der Waals surface area contributed by atoms with Crippen LogP contribution in [0.4, 0.5) is 0 Å². The summed E-state index contributed by atoms with van der Waals surface area (Å²) >= 11 is 1.30. The van der Waals surface area contributed by atoms with Crippen LogP contribution in [0.2, 0.25) is 0 Å². The van der Waals surface area contributed by atoms with Crippen LogP contribution in [-0.2, 0) is 11.2 Å². The lowest BCUT2D eigenvalue weighted by Gasteiger charge is -2.11. The standard InChI is InChI=1S/C21H25N3O3S/c1-13-19(14(2)25)21(24-20(23-13)16-8-9-16)28-12-18(26)22-11-10-15-6-4-5-7-17(15)27-3/h4-7,16H,8-12H2,1-3H3,(H,22,26). The average molecular weight is 400 g/mol. The maximum atomic E-state index is 12.3. The van der Waals surface area contributed by atoms with Crippen LogP contribution in [0.15, 0.2) is 29.3 Å². The number of nitrogens with zero attached hydrogens (tertiary/aromatic N) is 2. The topological polar surface area (TPSA) is 81.2 Å². The Morgan fingerprint density at radius 2 is 2.00 bits per heavy atom. The van der Waals surface area contributed by atoms with Gasteiger partial charge in [-0.15, -0.1) is 0 Å². The fourth-order valence-corrected chi connectivity index (χ4v) is 4.00. The van der Waals surface area contributed by atoms with Gasteiger partial charge in [0.25, 0.3) is 0 Å². The Balaban J connectivity index is 1.57. The molecule has 0 radical (unpaired) electrons. The molecular formula is C21H25N3O3S. The van der Waals surface area contributed by atoms with Crippen LogP contribution in [-0.4, -0.2) is 41.1 Å². The fraction of sp³-hybridized carbons (Fsp3) is 0.429. The van der Waals surface area contributed by atoms with Gasteiger partial charge >= 0.3 is 0 Å². The first kappa shape index (κ1) is 20.3. The zero-order chi connectivity index (χ0) is 20.1. The van der Waals surface area contributed by atoms with Crippen LogP contribution >= 0.6 is 11.8 Å². The number of para-hydroxylation sites is 1. The Hall–Kier alpha value is -2.41. The van der Waals surface area contributed by atoms with E-state index in [2.05, 4.69) is 15.3 Å². The normalized spacial score (nSPS) is 13.2. The van der Waals surface area contributed by atoms with E-state index >= 15 is 0 Å². The summed E-state index contributed by atoms with van der Waals surface area (Å²) in [6, 6.07) is 7.77. The third-order valence-corrected chi connectivity index (χ3v) is 5.59. The second-order valence-electron chi connectivity index (χ2n) is 6.88. The molecular weight excluding hydrogens is 374 g/mol. The fourth-order valence-electron chi connectivity index (χ4n) is 3.03. The van der Waals surface area contributed by atoms with Gasteiger partial charge in [-0.05, 0) is 44.7 Å². The summed E-state index contributed by atoms with van der Waals surface area (Å²) < 4.78 is 5.33. The van der Waals surface area contributed by atoms with E-state index in [0.29, 0.717) is 35.2 Å². The molecule has 0 saturated heterocycles. The highest BCUT2D eigenvalue weighted by Gasteiger charge is 2.29. The van der Waals surface area contributed by atoms with Crippen molar-refractivity contribution in [1.29, 1.82) is 0 Å². The highest BCUT2D eigenvalue weighted by Crippen LogP contribution is 2.39. The Bertz CT molecular complexity index is 881. The van der Waals surface area contributed by atoms with E-state index in [1.807, 2.05) is 31.2 Å². The summed E-state index contributed by atoms with van der Waals surface area (Å²) in [6.45, 7) is 3.87. The van der Waals surface area contributed by atoms with Crippen molar-refractivity contribution < 1.29 is 14.3 Å². The molecule has 7 heteroatoms. The summed E-state index contributed by atoms with van der Waals surface area (Å²) in [7, 11) is 1.64. The molecule has 6 nitrogen and oxygen atoms in total. The third kappa shape index (κ3) is 5.10. The molecule has 0 bridgehead atoms. The van der Waals surface area contributed by atoms with Crippen molar-refractivity contribution in [1.82, 2.24) is 15.3 Å². The zero-order valence-corrected chi connectivity index (χ0v) is 17.3. The molecule has 0 unspecified atom stereocenters. The number of ether oxygens (including phenoxy) is 1. The predicted octanol–water partition coefficient (Wildman–Crippen LogP) is 3.32. The van der Waals surface area contributed by atoms with Gasteiger partial charge in [0.05, 0.1) is 24.1 Å². The monoisotopic (exact) mass is 399 g/mol. The molecule has 0 atom stereocenters. The van der Waals surface area contributed by atoms with Crippen molar-refractivity contribution in [3.05, 3.63) is 46.9 Å². The van der Waals surface area contributed by atoms with Gasteiger partial charge in [-0.25, -0.2) is 9.97 Å². The number of benzene rings is 1. The number of aromatic nitrogens is 2. The van der Waals surface area contributed by atoms with E-state index in [0.717, 1.165) is 30.0 Å². The van der Waals surface area contributed by atoms with Gasteiger partial charge in [0, 0.05) is 12.5 Å². The minimum atomic E-state index is -0.0846. The summed E-state index contributed by atoms with van der Waals surface area (Å²) in [5, 5.41) is 3.53. The van der Waals surface area contributed by atoms with Gasteiger partial charge in [0.15, 0.2) is 5.78 Å². The molecule has 3 rings (SSSR count). The van der Waals surface area contributed by atoms with Crippen LogP contribution in [0, 0.1) is 6.92 Å². The molecule has 1 heterocycles. The van der Waals surface area contributed by atoms with Crippen molar-refractivity contribution in [3.63, 3.8) is 0 Å². The highest BCUT2D eigenvalue weighted by atomic mass is 32.2. The Labute approximate surface area is 169 Å². The number of carbonyl (C=O) groups excluding carboxylic acids is 2. The number of methoxy groups -OCH3 is 1. The van der Waals surface area contributed by atoms with Crippen LogP contribution in [0.1, 0.15) is 53.1 Å². The average Bonchev–Trinajstić information content (AvgIpc) is 3.51. The smallest absolute Gasteiger partial charge is 0.230 e. The summed E-state index contributed by atoms with van der Waals surface area (Å²) in [5.41, 5.74) is 2.28. The molecule has 0 spiro atoms. The van der Waals surface area contributed by atoms with Crippen molar-refractivity contribution in [3.8, 4) is 5.75 Å². The molecule has 1 amide bonds. The minimum Gasteiger partial charge on any atom is -0.496 e. The number of amides is 1. The van der Waals surface area contributed by atoms with Gasteiger partial charge in [0.1, 0.15) is 16.6 Å². The van der Waals surface area contributed by atoms with Crippen LogP contribution < -0.4 is 10.1 Å². The molecule has 1 saturated carbocycles. The van der Waals surface area contributed by atoms with Gasteiger partial charge in [0.2, 0.25) is 5.91 Å². The van der Waals surface area contributed by atoms with Gasteiger partial charge < -0.3 is 10.1 Å². The SMILES string of the molecule is COc1ccccc1CCNC(=O)CSc1nc(C2CC2)nc(C)c1C(C)=O. The molecule has 2 aromatic rings. The number of nitrogens with one attached hydrogen (secondary N) is 1. The lowest BCUT2D eigenvalue weighted by atomic mass is 10.1. The summed E-state index contributed by atoms with van der Waals surface area (Å²) in [6.07, 6.45) is 2.87. The van der Waals surface area contributed by atoms with E-state index in [4.69, 9.17) is 4.74 Å². The second-order valence-corrected chi connectivity index (χ2v) is 7.84. The van der Waals surface area contributed by atoms with E-state index in [9.17, 15) is 9.59 Å². The molecule has 1 N–H and O–H groups in total. The number of rotatable bonds is 9. The quantitative estimate of drug-likeness (QED) is 0.396. The third-order valence-electron chi connectivity index (χ3n) is 4.62. The number of ketones is 1. The number of aryl methyl sites for hydroxylation is 1. The molecule has 1 aromatic heterocycles. The molecule has 0 aliphatic heterocycles. The molecule has 1 aliphatic carbocycles. The Kier molecular flexibility index (Phi) is 6.67. The first-order valence-electron chi connectivity index (χ1n) is 9.40. The van der Waals surface area contributed by atoms with Crippen LogP contribution in [0.25, 0.3) is 0 Å².